The highest BCUT2D eigenvalue weighted by molar-refractivity contribution is 5.87. The maximum Gasteiger partial charge on any atom is 0.409 e. The Kier molecular flexibility index (Phi) is 7.38. The number of carbonyl (C=O) groups is 1. The third-order valence-electron chi connectivity index (χ3n) is 6.78. The highest BCUT2D eigenvalue weighted by atomic mass is 19.1. The summed E-state index contributed by atoms with van der Waals surface area (Å²) in [5.74, 6) is -0.476. The Morgan fingerprint density at radius 1 is 1.08 bits per heavy atom. The number of piperazine rings is 1. The molecular formula is C27H30F2N8O2. The average molecular weight is 537 g/mol. The number of carbonyl (C=O) groups excluding carboxylic acids is 1. The van der Waals surface area contributed by atoms with Crippen molar-refractivity contribution in [1.29, 1.82) is 0 Å². The molecule has 39 heavy (non-hydrogen) atoms. The van der Waals surface area contributed by atoms with Gasteiger partial charge in [0.1, 0.15) is 17.0 Å². The van der Waals surface area contributed by atoms with Crippen LogP contribution < -0.4 is 5.32 Å². The SMILES string of the molecule is COC(=O)N1CCN(Cc2ccc(Nc3ncc(F)c(-c4cc(F)c5nn(C)c(C(C)C)c5c4)n3)nc2)CC1. The highest BCUT2D eigenvalue weighted by Gasteiger charge is 2.22. The molecule has 0 spiro atoms. The van der Waals surface area contributed by atoms with Crippen LogP contribution in [0.2, 0.25) is 0 Å². The molecule has 0 aliphatic carbocycles. The van der Waals surface area contributed by atoms with Gasteiger partial charge in [0.15, 0.2) is 11.6 Å². The maximum atomic E-state index is 15.0. The molecule has 0 atom stereocenters. The first-order chi connectivity index (χ1) is 18.7. The second-order valence-electron chi connectivity index (χ2n) is 9.82. The molecule has 1 aliphatic heterocycles. The lowest BCUT2D eigenvalue weighted by molar-refractivity contribution is 0.0888. The summed E-state index contributed by atoms with van der Waals surface area (Å²) in [5, 5.41) is 7.92. The summed E-state index contributed by atoms with van der Waals surface area (Å²) in [6.07, 6.45) is 2.50. The molecule has 1 aromatic carbocycles. The fourth-order valence-electron chi connectivity index (χ4n) is 4.91. The summed E-state index contributed by atoms with van der Waals surface area (Å²) in [5.41, 5.74) is 2.39. The molecule has 1 aliphatic rings. The lowest BCUT2D eigenvalue weighted by Crippen LogP contribution is -2.48. The van der Waals surface area contributed by atoms with Crippen molar-refractivity contribution in [2.45, 2.75) is 26.3 Å². The fraction of sp³-hybridized carbons (Fsp3) is 0.370. The van der Waals surface area contributed by atoms with E-state index >= 15 is 0 Å². The van der Waals surface area contributed by atoms with Crippen LogP contribution in [0.25, 0.3) is 22.2 Å². The second-order valence-corrected chi connectivity index (χ2v) is 9.82. The van der Waals surface area contributed by atoms with E-state index in [1.54, 1.807) is 35.0 Å². The predicted octanol–water partition coefficient (Wildman–Crippen LogP) is 4.45. The van der Waals surface area contributed by atoms with Crippen molar-refractivity contribution in [2.75, 3.05) is 38.6 Å². The normalized spacial score (nSPS) is 14.3. The molecule has 5 rings (SSSR count). The van der Waals surface area contributed by atoms with Crippen LogP contribution in [0.1, 0.15) is 31.0 Å². The highest BCUT2D eigenvalue weighted by Crippen LogP contribution is 2.32. The van der Waals surface area contributed by atoms with Gasteiger partial charge in [-0.2, -0.15) is 5.10 Å². The molecule has 4 heterocycles. The Bertz CT molecular complexity index is 1500. The number of anilines is 2. The van der Waals surface area contributed by atoms with Crippen molar-refractivity contribution in [3.8, 4) is 11.3 Å². The molecule has 1 fully saturated rings. The fourth-order valence-corrected chi connectivity index (χ4v) is 4.91. The van der Waals surface area contributed by atoms with Gasteiger partial charge in [-0.15, -0.1) is 0 Å². The third kappa shape index (κ3) is 5.51. The minimum atomic E-state index is -0.662. The molecular weight excluding hydrogens is 506 g/mol. The van der Waals surface area contributed by atoms with Gasteiger partial charge in [0, 0.05) is 62.6 Å². The van der Waals surface area contributed by atoms with Gasteiger partial charge in [0.25, 0.3) is 0 Å². The number of methoxy groups -OCH3 is 1. The zero-order chi connectivity index (χ0) is 27.7. The molecule has 204 valence electrons. The van der Waals surface area contributed by atoms with E-state index in [0.29, 0.717) is 36.4 Å². The van der Waals surface area contributed by atoms with Gasteiger partial charge in [0.05, 0.1) is 13.3 Å². The lowest BCUT2D eigenvalue weighted by atomic mass is 10.0. The Hall–Kier alpha value is -4.19. The van der Waals surface area contributed by atoms with E-state index in [1.807, 2.05) is 19.9 Å². The zero-order valence-electron chi connectivity index (χ0n) is 22.3. The zero-order valence-corrected chi connectivity index (χ0v) is 22.3. The van der Waals surface area contributed by atoms with Crippen LogP contribution >= 0.6 is 0 Å². The maximum absolute atomic E-state index is 15.0. The van der Waals surface area contributed by atoms with E-state index in [0.717, 1.165) is 30.5 Å². The number of benzene rings is 1. The monoisotopic (exact) mass is 536 g/mol. The van der Waals surface area contributed by atoms with Gasteiger partial charge in [-0.1, -0.05) is 19.9 Å². The van der Waals surface area contributed by atoms with Crippen molar-refractivity contribution >= 4 is 28.8 Å². The van der Waals surface area contributed by atoms with Gasteiger partial charge < -0.3 is 15.0 Å². The number of amides is 1. The summed E-state index contributed by atoms with van der Waals surface area (Å²) >= 11 is 0. The number of ether oxygens (including phenoxy) is 1. The summed E-state index contributed by atoms with van der Waals surface area (Å²) in [6.45, 7) is 7.40. The van der Waals surface area contributed by atoms with Crippen LogP contribution in [0.5, 0.6) is 0 Å². The molecule has 0 saturated carbocycles. The Labute approximate surface area is 224 Å². The van der Waals surface area contributed by atoms with E-state index in [1.165, 1.54) is 13.2 Å². The number of rotatable bonds is 6. The van der Waals surface area contributed by atoms with E-state index in [9.17, 15) is 13.6 Å². The van der Waals surface area contributed by atoms with E-state index in [-0.39, 0.29) is 29.2 Å². The number of aromatic nitrogens is 5. The largest absolute Gasteiger partial charge is 0.453 e. The van der Waals surface area contributed by atoms with Crippen LogP contribution in [0.15, 0.2) is 36.7 Å². The first-order valence-electron chi connectivity index (χ1n) is 12.7. The van der Waals surface area contributed by atoms with Crippen LogP contribution in [-0.4, -0.2) is 73.9 Å². The van der Waals surface area contributed by atoms with Gasteiger partial charge in [-0.25, -0.2) is 28.5 Å². The predicted molar refractivity (Wildman–Crippen MR) is 143 cm³/mol. The summed E-state index contributed by atoms with van der Waals surface area (Å²) < 4.78 is 36.2. The van der Waals surface area contributed by atoms with Crippen LogP contribution in [0.3, 0.4) is 0 Å². The van der Waals surface area contributed by atoms with Gasteiger partial charge in [-0.3, -0.25) is 9.58 Å². The van der Waals surface area contributed by atoms with Crippen molar-refractivity contribution in [1.82, 2.24) is 34.5 Å². The van der Waals surface area contributed by atoms with Crippen molar-refractivity contribution < 1.29 is 18.3 Å². The quantitative estimate of drug-likeness (QED) is 0.386. The smallest absolute Gasteiger partial charge is 0.409 e. The lowest BCUT2D eigenvalue weighted by Gasteiger charge is -2.33. The summed E-state index contributed by atoms with van der Waals surface area (Å²) in [6, 6.07) is 6.69. The number of hydrogen-bond acceptors (Lipinski definition) is 8. The van der Waals surface area contributed by atoms with Crippen LogP contribution in [-0.2, 0) is 18.3 Å². The molecule has 12 heteroatoms. The number of fused-ring (bicyclic) bond motifs is 1. The summed E-state index contributed by atoms with van der Waals surface area (Å²) in [4.78, 5) is 28.4. The number of nitrogens with zero attached hydrogens (tertiary/aromatic N) is 7. The van der Waals surface area contributed by atoms with Gasteiger partial charge in [0.2, 0.25) is 5.95 Å². The molecule has 1 N–H and O–H groups in total. The first kappa shape index (κ1) is 26.4. The minimum Gasteiger partial charge on any atom is -0.453 e. The number of halogens is 2. The Balaban J connectivity index is 1.31. The number of aryl methyl sites for hydroxylation is 1. The molecule has 4 aromatic rings. The molecule has 1 amide bonds. The number of nitrogens with one attached hydrogen (secondary N) is 1. The van der Waals surface area contributed by atoms with E-state index in [4.69, 9.17) is 4.74 Å². The third-order valence-corrected chi connectivity index (χ3v) is 6.78. The molecule has 10 nitrogen and oxygen atoms in total. The van der Waals surface area contributed by atoms with E-state index < -0.39 is 11.6 Å². The second kappa shape index (κ2) is 10.9. The van der Waals surface area contributed by atoms with Gasteiger partial charge >= 0.3 is 6.09 Å². The van der Waals surface area contributed by atoms with Gasteiger partial charge in [-0.05, 0) is 29.7 Å². The number of hydrogen-bond donors (Lipinski definition) is 1. The molecule has 0 radical (unpaired) electrons. The Morgan fingerprint density at radius 3 is 2.51 bits per heavy atom. The topological polar surface area (TPSA) is 101 Å². The average Bonchev–Trinajstić information content (AvgIpc) is 3.27. The number of pyridine rings is 1. The van der Waals surface area contributed by atoms with Crippen molar-refractivity contribution in [3.63, 3.8) is 0 Å². The van der Waals surface area contributed by atoms with Crippen molar-refractivity contribution in [3.05, 3.63) is 59.6 Å². The summed E-state index contributed by atoms with van der Waals surface area (Å²) in [7, 11) is 3.15. The standard InChI is InChI=1S/C27H30F2N8O2/c1-16(2)25-19-11-18(12-20(28)24(19)34-35(25)3)23-21(29)14-31-26(33-23)32-22-6-5-17(13-30-22)15-36-7-9-37(10-8-36)27(38)39-4/h5-6,11-14,16H,7-10,15H2,1-4H3,(H,30,31,32,33). The minimum absolute atomic E-state index is 0.0189. The van der Waals surface area contributed by atoms with E-state index in [2.05, 4.69) is 30.3 Å². The van der Waals surface area contributed by atoms with Crippen molar-refractivity contribution in [2.24, 2.45) is 7.05 Å². The molecule has 3 aromatic heterocycles. The molecule has 1 saturated heterocycles. The molecule has 0 bridgehead atoms. The van der Waals surface area contributed by atoms with Crippen LogP contribution in [0.4, 0.5) is 25.3 Å². The molecule has 0 unspecified atom stereocenters. The van der Waals surface area contributed by atoms with Crippen LogP contribution in [0, 0.1) is 11.6 Å². The Morgan fingerprint density at radius 2 is 1.85 bits per heavy atom. The first-order valence-corrected chi connectivity index (χ1v) is 12.7.